The van der Waals surface area contributed by atoms with Crippen LogP contribution in [0.3, 0.4) is 0 Å². The summed E-state index contributed by atoms with van der Waals surface area (Å²) in [5.41, 5.74) is 0.884. The molecule has 0 bridgehead atoms. The van der Waals surface area contributed by atoms with Crippen LogP contribution in [0.2, 0.25) is 5.02 Å². The van der Waals surface area contributed by atoms with Crippen LogP contribution in [0.25, 0.3) is 0 Å². The van der Waals surface area contributed by atoms with Crippen LogP contribution in [-0.2, 0) is 10.0 Å². The van der Waals surface area contributed by atoms with Crippen LogP contribution in [-0.4, -0.2) is 36.8 Å². The first-order chi connectivity index (χ1) is 11.8. The number of Topliss-reactive ketones (excluding diaryl/α,β-unsaturated/α-hetero) is 1. The van der Waals surface area contributed by atoms with Crippen molar-refractivity contribution in [3.63, 3.8) is 0 Å². The molecule has 0 saturated carbocycles. The molecule has 8 heteroatoms. The first-order valence-electron chi connectivity index (χ1n) is 8.03. The molecule has 2 aromatic rings. The Morgan fingerprint density at radius 2 is 1.96 bits per heavy atom. The van der Waals surface area contributed by atoms with E-state index in [1.807, 2.05) is 0 Å². The van der Waals surface area contributed by atoms with Crippen molar-refractivity contribution in [2.75, 3.05) is 13.1 Å². The van der Waals surface area contributed by atoms with Crippen LogP contribution in [0, 0.1) is 19.8 Å². The summed E-state index contributed by atoms with van der Waals surface area (Å²) < 4.78 is 32.2. The molecule has 1 aliphatic heterocycles. The van der Waals surface area contributed by atoms with Crippen LogP contribution >= 0.6 is 11.6 Å². The number of nitrogens with zero attached hydrogens (tertiary/aromatic N) is 2. The van der Waals surface area contributed by atoms with Crippen molar-refractivity contribution in [3.8, 4) is 0 Å². The number of halogens is 1. The molecule has 0 N–H and O–H groups in total. The smallest absolute Gasteiger partial charge is 0.248 e. The highest BCUT2D eigenvalue weighted by Gasteiger charge is 2.36. The predicted molar refractivity (Wildman–Crippen MR) is 93.2 cm³/mol. The largest absolute Gasteiger partial charge is 0.360 e. The van der Waals surface area contributed by atoms with E-state index in [-0.39, 0.29) is 28.9 Å². The highest BCUT2D eigenvalue weighted by molar-refractivity contribution is 7.89. The Labute approximate surface area is 151 Å². The summed E-state index contributed by atoms with van der Waals surface area (Å²) in [5.74, 6) is -0.163. The molecular formula is C17H19ClN2O4S. The van der Waals surface area contributed by atoms with E-state index in [4.69, 9.17) is 16.1 Å². The highest BCUT2D eigenvalue weighted by Crippen LogP contribution is 2.29. The van der Waals surface area contributed by atoms with Crippen molar-refractivity contribution in [3.05, 3.63) is 46.3 Å². The number of benzene rings is 1. The van der Waals surface area contributed by atoms with Crippen LogP contribution in [0.4, 0.5) is 0 Å². The first-order valence-corrected chi connectivity index (χ1v) is 9.85. The molecule has 0 radical (unpaired) electrons. The predicted octanol–water partition coefficient (Wildman–Crippen LogP) is 3.23. The number of rotatable bonds is 4. The van der Waals surface area contributed by atoms with Gasteiger partial charge in [0.25, 0.3) is 0 Å². The monoisotopic (exact) mass is 382 g/mol. The lowest BCUT2D eigenvalue weighted by atomic mass is 9.91. The minimum absolute atomic E-state index is 0.0599. The van der Waals surface area contributed by atoms with Crippen molar-refractivity contribution < 1.29 is 17.7 Å². The first kappa shape index (κ1) is 18.1. The molecule has 1 aromatic heterocycles. The Morgan fingerprint density at radius 3 is 2.56 bits per heavy atom. The molecule has 0 spiro atoms. The van der Waals surface area contributed by atoms with E-state index >= 15 is 0 Å². The molecule has 1 fully saturated rings. The van der Waals surface area contributed by atoms with E-state index in [1.54, 1.807) is 38.1 Å². The Balaban J connectivity index is 1.83. The number of aryl methyl sites for hydroxylation is 2. The summed E-state index contributed by atoms with van der Waals surface area (Å²) in [6.07, 6.45) is 1.29. The van der Waals surface area contributed by atoms with Gasteiger partial charge < -0.3 is 4.52 Å². The maximum absolute atomic E-state index is 12.9. The lowest BCUT2D eigenvalue weighted by Crippen LogP contribution is -2.42. The Hall–Kier alpha value is -1.70. The van der Waals surface area contributed by atoms with Gasteiger partial charge in [0, 0.05) is 29.6 Å². The lowest BCUT2D eigenvalue weighted by molar-refractivity contribution is 0.0872. The molecule has 2 heterocycles. The minimum Gasteiger partial charge on any atom is -0.360 e. The van der Waals surface area contributed by atoms with Gasteiger partial charge in [-0.2, -0.15) is 4.31 Å². The fourth-order valence-electron chi connectivity index (χ4n) is 3.20. The number of ketones is 1. The van der Waals surface area contributed by atoms with E-state index in [0.717, 1.165) is 0 Å². The van der Waals surface area contributed by atoms with Crippen molar-refractivity contribution in [1.82, 2.24) is 9.46 Å². The van der Waals surface area contributed by atoms with E-state index in [9.17, 15) is 13.2 Å². The van der Waals surface area contributed by atoms with Crippen LogP contribution in [0.5, 0.6) is 0 Å². The maximum atomic E-state index is 12.9. The van der Waals surface area contributed by atoms with Crippen LogP contribution in [0.1, 0.15) is 34.7 Å². The second-order valence-electron chi connectivity index (χ2n) is 6.23. The molecular weight excluding hydrogens is 364 g/mol. The summed E-state index contributed by atoms with van der Waals surface area (Å²) in [4.78, 5) is 12.8. The zero-order valence-electron chi connectivity index (χ0n) is 14.0. The molecule has 134 valence electrons. The van der Waals surface area contributed by atoms with Crippen molar-refractivity contribution in [2.45, 2.75) is 31.6 Å². The maximum Gasteiger partial charge on any atom is 0.248 e. The number of carbonyl (C=O) groups is 1. The average molecular weight is 383 g/mol. The zero-order chi connectivity index (χ0) is 18.2. The van der Waals surface area contributed by atoms with Gasteiger partial charge in [0.1, 0.15) is 10.6 Å². The second kappa shape index (κ2) is 6.90. The Kier molecular flexibility index (Phi) is 4.99. The molecule has 1 saturated heterocycles. The Morgan fingerprint density at radius 1 is 1.28 bits per heavy atom. The summed E-state index contributed by atoms with van der Waals surface area (Å²) in [7, 11) is -3.73. The summed E-state index contributed by atoms with van der Waals surface area (Å²) in [5, 5.41) is 4.29. The van der Waals surface area contributed by atoms with Gasteiger partial charge in [0.2, 0.25) is 10.0 Å². The van der Waals surface area contributed by atoms with E-state index in [2.05, 4.69) is 5.16 Å². The third-order valence-corrected chi connectivity index (χ3v) is 6.81. The third kappa shape index (κ3) is 3.49. The number of hydrogen-bond donors (Lipinski definition) is 0. The van der Waals surface area contributed by atoms with E-state index < -0.39 is 10.0 Å². The second-order valence-corrected chi connectivity index (χ2v) is 8.54. The number of sulfonamides is 1. The SMILES string of the molecule is Cc1noc(C)c1S(=O)(=O)N1CCCC(C(=O)c2ccc(Cl)cc2)C1. The number of hydrogen-bond acceptors (Lipinski definition) is 5. The average Bonchev–Trinajstić information content (AvgIpc) is 2.94. The van der Waals surface area contributed by atoms with Gasteiger partial charge in [0.05, 0.1) is 0 Å². The quantitative estimate of drug-likeness (QED) is 0.758. The van der Waals surface area contributed by atoms with Crippen molar-refractivity contribution in [2.24, 2.45) is 5.92 Å². The minimum atomic E-state index is -3.73. The van der Waals surface area contributed by atoms with Gasteiger partial charge in [-0.1, -0.05) is 16.8 Å². The van der Waals surface area contributed by atoms with Gasteiger partial charge in [-0.3, -0.25) is 4.79 Å². The highest BCUT2D eigenvalue weighted by atomic mass is 35.5. The topological polar surface area (TPSA) is 80.5 Å². The third-order valence-electron chi connectivity index (χ3n) is 4.45. The normalized spacial score (nSPS) is 19.1. The molecule has 25 heavy (non-hydrogen) atoms. The molecule has 3 rings (SSSR count). The molecule has 0 amide bonds. The van der Waals surface area contributed by atoms with Gasteiger partial charge >= 0.3 is 0 Å². The summed E-state index contributed by atoms with van der Waals surface area (Å²) in [6.45, 7) is 3.72. The molecule has 1 aromatic carbocycles. The molecule has 6 nitrogen and oxygen atoms in total. The molecule has 1 unspecified atom stereocenters. The van der Waals surface area contributed by atoms with E-state index in [1.165, 1.54) is 4.31 Å². The molecule has 0 aliphatic carbocycles. The molecule has 1 atom stereocenters. The van der Waals surface area contributed by atoms with Crippen LogP contribution in [0.15, 0.2) is 33.7 Å². The van der Waals surface area contributed by atoms with Gasteiger partial charge in [-0.05, 0) is 51.0 Å². The van der Waals surface area contributed by atoms with Gasteiger partial charge in [-0.15, -0.1) is 0 Å². The zero-order valence-corrected chi connectivity index (χ0v) is 15.6. The standard InChI is InChI=1S/C17H19ClN2O4S/c1-11-17(12(2)24-19-11)25(22,23)20-9-3-4-14(10-20)16(21)13-5-7-15(18)8-6-13/h5-8,14H,3-4,9-10H2,1-2H3. The van der Waals surface area contributed by atoms with Crippen LogP contribution < -0.4 is 0 Å². The summed E-state index contributed by atoms with van der Waals surface area (Å²) >= 11 is 5.86. The fourth-order valence-corrected chi connectivity index (χ4v) is 5.14. The fraction of sp³-hybridized carbons (Fsp3) is 0.412. The van der Waals surface area contributed by atoms with Gasteiger partial charge in [-0.25, -0.2) is 8.42 Å². The Bertz CT molecular complexity index is 870. The number of carbonyl (C=O) groups excluding carboxylic acids is 1. The van der Waals surface area contributed by atoms with E-state index in [0.29, 0.717) is 35.7 Å². The molecule has 1 aliphatic rings. The van der Waals surface area contributed by atoms with Crippen molar-refractivity contribution in [1.29, 1.82) is 0 Å². The van der Waals surface area contributed by atoms with Gasteiger partial charge in [0.15, 0.2) is 11.5 Å². The number of piperidine rings is 1. The van der Waals surface area contributed by atoms with Crippen molar-refractivity contribution >= 4 is 27.4 Å². The summed E-state index contributed by atoms with van der Waals surface area (Å²) in [6, 6.07) is 6.67. The lowest BCUT2D eigenvalue weighted by Gasteiger charge is -2.31. The number of aromatic nitrogens is 1.